The molecule has 0 aliphatic heterocycles. The van der Waals surface area contributed by atoms with Gasteiger partial charge in [-0.25, -0.2) is 4.99 Å². The van der Waals surface area contributed by atoms with Crippen LogP contribution in [0.25, 0.3) is 0 Å². The van der Waals surface area contributed by atoms with Gasteiger partial charge in [-0.1, -0.05) is 19.1 Å². The van der Waals surface area contributed by atoms with Crippen LogP contribution < -0.4 is 20.7 Å². The summed E-state index contributed by atoms with van der Waals surface area (Å²) in [6, 6.07) is 9.69. The first-order valence-corrected chi connectivity index (χ1v) is 10.00. The molecular weight excluding hydrogens is 493 g/mol. The largest absolute Gasteiger partial charge is 0.490 e. The lowest BCUT2D eigenvalue weighted by Crippen LogP contribution is -2.41. The number of carbonyl (C=O) groups is 1. The number of hydrogen-bond acceptors (Lipinski definition) is 4. The first kappa shape index (κ1) is 25.7. The van der Waals surface area contributed by atoms with Crippen molar-refractivity contribution in [1.82, 2.24) is 15.6 Å². The van der Waals surface area contributed by atoms with Crippen LogP contribution in [0, 0.1) is 6.92 Å². The second-order valence-electron chi connectivity index (χ2n) is 6.79. The van der Waals surface area contributed by atoms with Gasteiger partial charge in [-0.05, 0) is 51.0 Å². The molecule has 0 saturated carbocycles. The van der Waals surface area contributed by atoms with Gasteiger partial charge in [0.05, 0.1) is 31.1 Å². The molecule has 0 saturated heterocycles. The summed E-state index contributed by atoms with van der Waals surface area (Å²) >= 11 is 0. The summed E-state index contributed by atoms with van der Waals surface area (Å²) in [6.07, 6.45) is 4.34. The highest BCUT2D eigenvalue weighted by Gasteiger charge is 2.09. The minimum atomic E-state index is -0.167. The zero-order valence-corrected chi connectivity index (χ0v) is 20.4. The second kappa shape index (κ2) is 13.8. The van der Waals surface area contributed by atoms with E-state index in [0.29, 0.717) is 24.7 Å². The Labute approximate surface area is 196 Å². The smallest absolute Gasteiger partial charge is 0.243 e. The minimum absolute atomic E-state index is 0. The fourth-order valence-electron chi connectivity index (χ4n) is 2.51. The summed E-state index contributed by atoms with van der Waals surface area (Å²) in [7, 11) is 0. The van der Waals surface area contributed by atoms with Crippen LogP contribution in [0.3, 0.4) is 0 Å². The van der Waals surface area contributed by atoms with E-state index in [1.807, 2.05) is 26.0 Å². The van der Waals surface area contributed by atoms with Crippen LogP contribution in [-0.2, 0) is 11.3 Å². The number of hydrogen-bond donors (Lipinski definition) is 3. The summed E-state index contributed by atoms with van der Waals surface area (Å²) in [5.41, 5.74) is 2.81. The predicted molar refractivity (Wildman–Crippen MR) is 133 cm³/mol. The maximum absolute atomic E-state index is 12.1. The van der Waals surface area contributed by atoms with Gasteiger partial charge in [0.1, 0.15) is 5.75 Å². The quantitative estimate of drug-likeness (QED) is 0.263. The molecule has 1 aromatic carbocycles. The normalized spacial score (nSPS) is 11.8. The van der Waals surface area contributed by atoms with Crippen molar-refractivity contribution in [2.45, 2.75) is 46.8 Å². The van der Waals surface area contributed by atoms with Crippen molar-refractivity contribution >= 4 is 41.5 Å². The Morgan fingerprint density at radius 1 is 1.23 bits per heavy atom. The Morgan fingerprint density at radius 3 is 2.70 bits per heavy atom. The van der Waals surface area contributed by atoms with Crippen molar-refractivity contribution in [2.75, 3.05) is 18.4 Å². The molecule has 1 aromatic heterocycles. The van der Waals surface area contributed by atoms with Crippen molar-refractivity contribution < 1.29 is 9.53 Å². The number of aryl methyl sites for hydroxylation is 1. The number of ether oxygens (including phenoxy) is 1. The number of nitrogens with one attached hydrogen (secondary N) is 3. The van der Waals surface area contributed by atoms with Gasteiger partial charge < -0.3 is 20.7 Å². The molecule has 0 aliphatic rings. The number of nitrogens with zero attached hydrogens (tertiary/aromatic N) is 2. The highest BCUT2D eigenvalue weighted by molar-refractivity contribution is 14.0. The van der Waals surface area contributed by atoms with Crippen LogP contribution in [0.15, 0.2) is 47.7 Å². The average molecular weight is 525 g/mol. The number of aromatic nitrogens is 1. The predicted octanol–water partition coefficient (Wildman–Crippen LogP) is 3.88. The van der Waals surface area contributed by atoms with E-state index in [2.05, 4.69) is 45.8 Å². The number of amides is 1. The standard InChI is InChI=1S/C22H31N5O2.HI/c1-5-17(4)29-20-12-16(3)9-10-18(20)13-25-22(24-6-2)26-15-21(28)27-19-8-7-11-23-14-19;/h7-12,14,17H,5-6,13,15H2,1-4H3,(H,27,28)(H2,24,25,26);1H. The third-order valence-corrected chi connectivity index (χ3v) is 4.24. The van der Waals surface area contributed by atoms with E-state index in [0.717, 1.165) is 23.3 Å². The maximum atomic E-state index is 12.1. The van der Waals surface area contributed by atoms with E-state index in [9.17, 15) is 4.79 Å². The van der Waals surface area contributed by atoms with E-state index in [4.69, 9.17) is 4.74 Å². The summed E-state index contributed by atoms with van der Waals surface area (Å²) in [5.74, 6) is 1.26. The number of guanidine groups is 1. The van der Waals surface area contributed by atoms with Crippen LogP contribution in [0.5, 0.6) is 5.75 Å². The topological polar surface area (TPSA) is 87.6 Å². The molecular formula is C22H32IN5O2. The van der Waals surface area contributed by atoms with E-state index in [1.54, 1.807) is 24.5 Å². The van der Waals surface area contributed by atoms with Crippen molar-refractivity contribution in [1.29, 1.82) is 0 Å². The SMILES string of the molecule is CCNC(=NCc1ccc(C)cc1OC(C)CC)NCC(=O)Nc1cccnc1.I. The number of carbonyl (C=O) groups excluding carboxylic acids is 1. The van der Waals surface area contributed by atoms with E-state index < -0.39 is 0 Å². The summed E-state index contributed by atoms with van der Waals surface area (Å²) in [4.78, 5) is 20.7. The Balaban J connectivity index is 0.00000450. The molecule has 0 spiro atoms. The Kier molecular flexibility index (Phi) is 11.8. The van der Waals surface area contributed by atoms with Crippen LogP contribution in [-0.4, -0.2) is 36.0 Å². The zero-order chi connectivity index (χ0) is 21.1. The molecule has 0 bridgehead atoms. The molecule has 164 valence electrons. The number of rotatable bonds is 9. The lowest BCUT2D eigenvalue weighted by molar-refractivity contribution is -0.115. The average Bonchev–Trinajstić information content (AvgIpc) is 2.71. The Bertz CT molecular complexity index is 814. The van der Waals surface area contributed by atoms with E-state index in [1.165, 1.54) is 0 Å². The lowest BCUT2D eigenvalue weighted by atomic mass is 10.1. The van der Waals surface area contributed by atoms with E-state index >= 15 is 0 Å². The Hall–Kier alpha value is -2.36. The van der Waals surface area contributed by atoms with Crippen molar-refractivity contribution in [2.24, 2.45) is 4.99 Å². The Morgan fingerprint density at radius 2 is 2.03 bits per heavy atom. The lowest BCUT2D eigenvalue weighted by Gasteiger charge is -2.17. The number of halogens is 1. The first-order valence-electron chi connectivity index (χ1n) is 10.00. The fourth-order valence-corrected chi connectivity index (χ4v) is 2.51. The van der Waals surface area contributed by atoms with Crippen LogP contribution >= 0.6 is 24.0 Å². The molecule has 30 heavy (non-hydrogen) atoms. The summed E-state index contributed by atoms with van der Waals surface area (Å²) in [6.45, 7) is 9.43. The molecule has 1 unspecified atom stereocenters. The van der Waals surface area contributed by atoms with Gasteiger partial charge in [0.25, 0.3) is 0 Å². The van der Waals surface area contributed by atoms with Gasteiger partial charge >= 0.3 is 0 Å². The molecule has 7 nitrogen and oxygen atoms in total. The number of aliphatic imine (C=N–C) groups is 1. The van der Waals surface area contributed by atoms with Gasteiger partial charge in [-0.15, -0.1) is 24.0 Å². The van der Waals surface area contributed by atoms with Crippen molar-refractivity contribution in [3.05, 3.63) is 53.9 Å². The number of benzene rings is 1. The molecule has 0 aliphatic carbocycles. The van der Waals surface area contributed by atoms with Crippen LogP contribution in [0.4, 0.5) is 5.69 Å². The maximum Gasteiger partial charge on any atom is 0.243 e. The molecule has 0 radical (unpaired) electrons. The van der Waals surface area contributed by atoms with Gasteiger partial charge in [-0.3, -0.25) is 9.78 Å². The monoisotopic (exact) mass is 525 g/mol. The van der Waals surface area contributed by atoms with Gasteiger partial charge in [-0.2, -0.15) is 0 Å². The van der Waals surface area contributed by atoms with Crippen molar-refractivity contribution in [3.63, 3.8) is 0 Å². The van der Waals surface area contributed by atoms with Crippen LogP contribution in [0.1, 0.15) is 38.3 Å². The highest BCUT2D eigenvalue weighted by atomic mass is 127. The van der Waals surface area contributed by atoms with Gasteiger partial charge in [0.15, 0.2) is 5.96 Å². The molecule has 2 aromatic rings. The van der Waals surface area contributed by atoms with Gasteiger partial charge in [0, 0.05) is 18.3 Å². The molecule has 8 heteroatoms. The highest BCUT2D eigenvalue weighted by Crippen LogP contribution is 2.23. The third kappa shape index (κ3) is 8.98. The molecule has 0 fully saturated rings. The second-order valence-corrected chi connectivity index (χ2v) is 6.79. The van der Waals surface area contributed by atoms with Gasteiger partial charge in [0.2, 0.25) is 5.91 Å². The molecule has 2 rings (SSSR count). The first-order chi connectivity index (χ1) is 14.0. The molecule has 1 atom stereocenters. The number of anilines is 1. The zero-order valence-electron chi connectivity index (χ0n) is 18.1. The van der Waals surface area contributed by atoms with Crippen LogP contribution in [0.2, 0.25) is 0 Å². The summed E-state index contributed by atoms with van der Waals surface area (Å²) in [5, 5.41) is 9.01. The minimum Gasteiger partial charge on any atom is -0.490 e. The van der Waals surface area contributed by atoms with E-state index in [-0.39, 0.29) is 42.5 Å². The molecule has 3 N–H and O–H groups in total. The third-order valence-electron chi connectivity index (χ3n) is 4.24. The fraction of sp³-hybridized carbons (Fsp3) is 0.409. The summed E-state index contributed by atoms with van der Waals surface area (Å²) < 4.78 is 6.05. The number of pyridine rings is 1. The molecule has 1 heterocycles. The van der Waals surface area contributed by atoms with Crippen molar-refractivity contribution in [3.8, 4) is 5.75 Å². The molecule has 1 amide bonds.